The van der Waals surface area contributed by atoms with E-state index in [2.05, 4.69) is 31.9 Å². The minimum Gasteiger partial charge on any atom is -0.462 e. The van der Waals surface area contributed by atoms with Crippen molar-refractivity contribution in [2.24, 2.45) is 0 Å². The Hall–Kier alpha value is -4.81. The lowest BCUT2D eigenvalue weighted by atomic mass is 10.2. The number of imidazole rings is 1. The number of benzene rings is 2. The van der Waals surface area contributed by atoms with Crippen molar-refractivity contribution in [1.29, 1.82) is 0 Å². The molecule has 0 aliphatic heterocycles. The zero-order chi connectivity index (χ0) is 27.2. The third-order valence-corrected chi connectivity index (χ3v) is 4.66. The molecule has 194 valence electrons. The molecule has 0 bridgehead atoms. The van der Waals surface area contributed by atoms with Gasteiger partial charge < -0.3 is 25.1 Å². The summed E-state index contributed by atoms with van der Waals surface area (Å²) in [5.41, 5.74) is -0.426. The van der Waals surface area contributed by atoms with Gasteiger partial charge in [-0.25, -0.2) is 19.0 Å². The molecule has 9 nitrogen and oxygen atoms in total. The van der Waals surface area contributed by atoms with Gasteiger partial charge in [0, 0.05) is 11.8 Å². The van der Waals surface area contributed by atoms with Crippen LogP contribution in [0.3, 0.4) is 0 Å². The highest BCUT2D eigenvalue weighted by Gasteiger charge is 2.31. The Bertz CT molecular complexity index is 1400. The topological polar surface area (TPSA) is 117 Å². The third-order valence-electron chi connectivity index (χ3n) is 4.66. The summed E-state index contributed by atoms with van der Waals surface area (Å²) in [6, 6.07) is 5.67. The molecule has 0 aliphatic carbocycles. The molecule has 3 aromatic rings. The Morgan fingerprint density at radius 2 is 1.86 bits per heavy atom. The molecule has 3 amide bonds. The van der Waals surface area contributed by atoms with E-state index >= 15 is 0 Å². The van der Waals surface area contributed by atoms with Crippen LogP contribution in [-0.4, -0.2) is 29.2 Å². The zero-order valence-electron chi connectivity index (χ0n) is 19.5. The van der Waals surface area contributed by atoms with E-state index in [4.69, 9.17) is 4.74 Å². The van der Waals surface area contributed by atoms with E-state index in [1.54, 1.807) is 25.1 Å². The van der Waals surface area contributed by atoms with Gasteiger partial charge >= 0.3 is 18.3 Å². The van der Waals surface area contributed by atoms with Crippen LogP contribution in [0.15, 0.2) is 72.7 Å². The van der Waals surface area contributed by atoms with Gasteiger partial charge in [0.15, 0.2) is 0 Å². The molecule has 37 heavy (non-hydrogen) atoms. The average Bonchev–Trinajstić information content (AvgIpc) is 3.23. The van der Waals surface area contributed by atoms with Gasteiger partial charge in [-0.05, 0) is 55.5 Å². The SMILES string of the molecule is C=C/C(=C\C=C(/C)Oc1ccc2nc(NC(=O)OC)[nH]c2c1)NC(=O)Nc1cc(C(F)(F)F)ccc1F. The number of halogens is 4. The number of H-pyrrole nitrogens is 1. The Balaban J connectivity index is 1.66. The number of ether oxygens (including phenoxy) is 2. The molecule has 1 heterocycles. The number of aromatic nitrogens is 2. The van der Waals surface area contributed by atoms with Gasteiger partial charge in [0.25, 0.3) is 0 Å². The largest absolute Gasteiger partial charge is 0.462 e. The lowest BCUT2D eigenvalue weighted by Gasteiger charge is -2.12. The second-order valence-corrected chi connectivity index (χ2v) is 7.36. The van der Waals surface area contributed by atoms with Crippen LogP contribution in [0.5, 0.6) is 5.75 Å². The van der Waals surface area contributed by atoms with Crippen molar-refractivity contribution in [3.05, 3.63) is 84.0 Å². The van der Waals surface area contributed by atoms with Crippen molar-refractivity contribution >= 4 is 34.8 Å². The van der Waals surface area contributed by atoms with Crippen molar-refractivity contribution in [2.45, 2.75) is 13.1 Å². The summed E-state index contributed by atoms with van der Waals surface area (Å²) < 4.78 is 62.7. The smallest absolute Gasteiger partial charge is 0.416 e. The summed E-state index contributed by atoms with van der Waals surface area (Å²) in [6.07, 6.45) is -1.17. The number of carbonyl (C=O) groups is 2. The number of allylic oxidation sites excluding steroid dienone is 4. The lowest BCUT2D eigenvalue weighted by molar-refractivity contribution is -0.137. The Kier molecular flexibility index (Phi) is 8.17. The standard InChI is InChI=1S/C24H21F4N5O4/c1-4-15(29-22(34)32-19-11-14(24(26,27)28)6-9-17(19)25)7-5-13(2)37-16-8-10-18-20(12-16)31-21(30-18)33-23(35)36-3/h4-12H,1H2,2-3H3,(H2,29,32,34)(H2,30,31,33,35)/b13-5+,15-7+. The predicted octanol–water partition coefficient (Wildman–Crippen LogP) is 6.07. The highest BCUT2D eigenvalue weighted by Crippen LogP contribution is 2.31. The van der Waals surface area contributed by atoms with Crippen molar-refractivity contribution in [3.63, 3.8) is 0 Å². The maximum atomic E-state index is 13.9. The molecule has 0 spiro atoms. The Morgan fingerprint density at radius 3 is 2.54 bits per heavy atom. The first-order valence-corrected chi connectivity index (χ1v) is 10.5. The first kappa shape index (κ1) is 26.8. The molecule has 3 rings (SSSR count). The monoisotopic (exact) mass is 519 g/mol. The molecule has 2 aromatic carbocycles. The number of anilines is 2. The van der Waals surface area contributed by atoms with Crippen LogP contribution in [0, 0.1) is 5.82 Å². The van der Waals surface area contributed by atoms with Crippen LogP contribution in [0.2, 0.25) is 0 Å². The summed E-state index contributed by atoms with van der Waals surface area (Å²) in [6.45, 7) is 5.19. The molecular weight excluding hydrogens is 498 g/mol. The number of carbonyl (C=O) groups excluding carboxylic acids is 2. The number of methoxy groups -OCH3 is 1. The number of urea groups is 1. The van der Waals surface area contributed by atoms with Gasteiger partial charge in [-0.15, -0.1) is 0 Å². The number of hydrogen-bond acceptors (Lipinski definition) is 5. The maximum Gasteiger partial charge on any atom is 0.416 e. The van der Waals surface area contributed by atoms with Gasteiger partial charge in [0.2, 0.25) is 5.95 Å². The van der Waals surface area contributed by atoms with Crippen LogP contribution < -0.4 is 20.7 Å². The van der Waals surface area contributed by atoms with Crippen LogP contribution in [0.1, 0.15) is 12.5 Å². The van der Waals surface area contributed by atoms with E-state index in [-0.39, 0.29) is 11.6 Å². The number of fused-ring (bicyclic) bond motifs is 1. The second kappa shape index (κ2) is 11.3. The highest BCUT2D eigenvalue weighted by atomic mass is 19.4. The van der Waals surface area contributed by atoms with E-state index in [1.165, 1.54) is 25.3 Å². The Labute approximate surface area is 207 Å². The lowest BCUT2D eigenvalue weighted by Crippen LogP contribution is -2.28. The van der Waals surface area contributed by atoms with Crippen molar-refractivity contribution in [2.75, 3.05) is 17.7 Å². The number of amides is 3. The summed E-state index contributed by atoms with van der Waals surface area (Å²) >= 11 is 0. The van der Waals surface area contributed by atoms with Gasteiger partial charge in [0.1, 0.15) is 17.3 Å². The number of nitrogens with zero attached hydrogens (tertiary/aromatic N) is 1. The quantitative estimate of drug-likeness (QED) is 0.172. The first-order valence-electron chi connectivity index (χ1n) is 10.5. The van der Waals surface area contributed by atoms with E-state index in [0.717, 1.165) is 0 Å². The fraction of sp³-hybridized carbons (Fsp3) is 0.125. The molecule has 0 fully saturated rings. The van der Waals surface area contributed by atoms with E-state index < -0.39 is 35.4 Å². The molecule has 0 saturated heterocycles. The average molecular weight is 519 g/mol. The predicted molar refractivity (Wildman–Crippen MR) is 128 cm³/mol. The maximum absolute atomic E-state index is 13.9. The molecule has 0 unspecified atom stereocenters. The minimum atomic E-state index is -4.70. The van der Waals surface area contributed by atoms with Crippen LogP contribution in [0.25, 0.3) is 11.0 Å². The molecule has 0 aliphatic rings. The fourth-order valence-electron chi connectivity index (χ4n) is 2.93. The molecule has 1 aromatic heterocycles. The highest BCUT2D eigenvalue weighted by molar-refractivity contribution is 5.91. The van der Waals surface area contributed by atoms with E-state index in [1.807, 2.05) is 5.32 Å². The number of aromatic amines is 1. The van der Waals surface area contributed by atoms with Gasteiger partial charge in [-0.1, -0.05) is 6.58 Å². The van der Waals surface area contributed by atoms with E-state index in [0.29, 0.717) is 40.7 Å². The van der Waals surface area contributed by atoms with Gasteiger partial charge in [-0.3, -0.25) is 5.32 Å². The van der Waals surface area contributed by atoms with Crippen LogP contribution >= 0.6 is 0 Å². The molecule has 0 radical (unpaired) electrons. The summed E-state index contributed by atoms with van der Waals surface area (Å²) in [5.74, 6) is 0.00379. The van der Waals surface area contributed by atoms with Crippen molar-refractivity contribution < 1.29 is 36.6 Å². The molecule has 13 heteroatoms. The van der Waals surface area contributed by atoms with Gasteiger partial charge in [0.05, 0.1) is 29.4 Å². The molecular formula is C24H21F4N5O4. The zero-order valence-corrected chi connectivity index (χ0v) is 19.5. The van der Waals surface area contributed by atoms with Crippen molar-refractivity contribution in [1.82, 2.24) is 15.3 Å². The van der Waals surface area contributed by atoms with Gasteiger partial charge in [-0.2, -0.15) is 13.2 Å². The summed E-state index contributed by atoms with van der Waals surface area (Å²) in [4.78, 5) is 30.6. The normalized spacial score (nSPS) is 12.2. The number of alkyl halides is 3. The van der Waals surface area contributed by atoms with Crippen LogP contribution in [0.4, 0.5) is 38.8 Å². The minimum absolute atomic E-state index is 0.162. The summed E-state index contributed by atoms with van der Waals surface area (Å²) in [5, 5.41) is 6.81. The first-order chi connectivity index (χ1) is 17.5. The van der Waals surface area contributed by atoms with E-state index in [9.17, 15) is 27.2 Å². The third kappa shape index (κ3) is 7.34. The number of nitrogens with one attached hydrogen (secondary N) is 4. The molecule has 0 atom stereocenters. The summed E-state index contributed by atoms with van der Waals surface area (Å²) in [7, 11) is 1.23. The fourth-order valence-corrected chi connectivity index (χ4v) is 2.93. The number of hydrogen-bond donors (Lipinski definition) is 4. The number of rotatable bonds is 7. The Morgan fingerprint density at radius 1 is 1.11 bits per heavy atom. The van der Waals surface area contributed by atoms with Crippen LogP contribution in [-0.2, 0) is 10.9 Å². The molecule has 0 saturated carbocycles. The van der Waals surface area contributed by atoms with Crippen molar-refractivity contribution in [3.8, 4) is 5.75 Å². The molecule has 4 N–H and O–H groups in total. The second-order valence-electron chi connectivity index (χ2n) is 7.36.